The summed E-state index contributed by atoms with van der Waals surface area (Å²) in [6.45, 7) is 0. The summed E-state index contributed by atoms with van der Waals surface area (Å²) in [4.78, 5) is 9.22. The molecule has 1 N–H and O–H groups in total. The molecule has 1 aromatic carbocycles. The smallest absolute Gasteiger partial charge is 0.153 e. The van der Waals surface area contributed by atoms with Gasteiger partial charge in [-0.1, -0.05) is 30.3 Å². The molecule has 0 amide bonds. The van der Waals surface area contributed by atoms with Crippen molar-refractivity contribution in [2.45, 2.75) is 25.2 Å². The van der Waals surface area contributed by atoms with Crippen LogP contribution in [0.1, 0.15) is 36.1 Å². The van der Waals surface area contributed by atoms with Crippen LogP contribution in [0, 0.1) is 0 Å². The van der Waals surface area contributed by atoms with Crippen LogP contribution in [0.15, 0.2) is 35.7 Å². The van der Waals surface area contributed by atoms with Gasteiger partial charge in [0.2, 0.25) is 0 Å². The summed E-state index contributed by atoms with van der Waals surface area (Å²) >= 11 is 1.67. The van der Waals surface area contributed by atoms with E-state index in [-0.39, 0.29) is 0 Å². The number of H-pyrrole nitrogens is 1. The molecule has 20 heavy (non-hydrogen) atoms. The molecule has 2 aromatic heterocycles. The van der Waals surface area contributed by atoms with E-state index in [2.05, 4.69) is 37.7 Å². The van der Waals surface area contributed by atoms with E-state index in [9.17, 15) is 0 Å². The van der Waals surface area contributed by atoms with E-state index in [4.69, 9.17) is 0 Å². The lowest BCUT2D eigenvalue weighted by Crippen LogP contribution is -1.91. The number of hydrogen-bond acceptors (Lipinski definition) is 4. The molecule has 0 aliphatic heterocycles. The number of aromatic nitrogens is 4. The van der Waals surface area contributed by atoms with Crippen molar-refractivity contribution in [3.05, 3.63) is 53.1 Å². The summed E-state index contributed by atoms with van der Waals surface area (Å²) in [6, 6.07) is 10.3. The molecular formula is C15H14N4S. The Morgan fingerprint density at radius 2 is 2.00 bits per heavy atom. The molecule has 2 heterocycles. The van der Waals surface area contributed by atoms with E-state index in [1.54, 1.807) is 11.3 Å². The van der Waals surface area contributed by atoms with Crippen LogP contribution < -0.4 is 0 Å². The molecule has 0 radical (unpaired) electrons. The van der Waals surface area contributed by atoms with Crippen LogP contribution in [0.5, 0.6) is 0 Å². The van der Waals surface area contributed by atoms with Gasteiger partial charge in [0.05, 0.1) is 12.1 Å². The first-order valence-electron chi connectivity index (χ1n) is 6.79. The van der Waals surface area contributed by atoms with Crippen LogP contribution in [-0.4, -0.2) is 20.2 Å². The Hall–Kier alpha value is -2.01. The standard InChI is InChI=1S/C15H14N4S/c1-2-4-11(5-3-1)15-16-12(9-20-15)8-13-17-14(19-18-13)10-6-7-10/h1-5,9-10H,6-8H2,(H,17,18,19). The third kappa shape index (κ3) is 2.36. The average Bonchev–Trinajstić information content (AvgIpc) is 3.06. The maximum Gasteiger partial charge on any atom is 0.153 e. The zero-order chi connectivity index (χ0) is 13.4. The zero-order valence-electron chi connectivity index (χ0n) is 10.9. The Bertz CT molecular complexity index is 712. The average molecular weight is 282 g/mol. The van der Waals surface area contributed by atoms with Gasteiger partial charge < -0.3 is 0 Å². The van der Waals surface area contributed by atoms with Crippen LogP contribution in [0.2, 0.25) is 0 Å². The fraction of sp³-hybridized carbons (Fsp3) is 0.267. The highest BCUT2D eigenvalue weighted by Gasteiger charge is 2.27. The first-order valence-corrected chi connectivity index (χ1v) is 7.67. The normalized spacial score (nSPS) is 14.6. The van der Waals surface area contributed by atoms with E-state index in [0.717, 1.165) is 28.8 Å². The summed E-state index contributed by atoms with van der Waals surface area (Å²) in [5.74, 6) is 2.48. The van der Waals surface area contributed by atoms with Crippen LogP contribution in [-0.2, 0) is 6.42 Å². The predicted molar refractivity (Wildman–Crippen MR) is 78.7 cm³/mol. The number of aromatic amines is 1. The highest BCUT2D eigenvalue weighted by molar-refractivity contribution is 7.13. The number of nitrogens with zero attached hydrogens (tertiary/aromatic N) is 3. The minimum Gasteiger partial charge on any atom is -0.263 e. The van der Waals surface area contributed by atoms with Crippen LogP contribution in [0.3, 0.4) is 0 Å². The monoisotopic (exact) mass is 282 g/mol. The van der Waals surface area contributed by atoms with Crippen LogP contribution in [0.4, 0.5) is 0 Å². The van der Waals surface area contributed by atoms with E-state index < -0.39 is 0 Å². The first-order chi connectivity index (χ1) is 9.88. The molecule has 0 spiro atoms. The maximum atomic E-state index is 4.68. The van der Waals surface area contributed by atoms with Gasteiger partial charge in [-0.15, -0.1) is 11.3 Å². The largest absolute Gasteiger partial charge is 0.263 e. The van der Waals surface area contributed by atoms with Crippen molar-refractivity contribution in [1.29, 1.82) is 0 Å². The molecule has 1 fully saturated rings. The highest BCUT2D eigenvalue weighted by Crippen LogP contribution is 2.37. The van der Waals surface area contributed by atoms with Crippen molar-refractivity contribution in [1.82, 2.24) is 20.2 Å². The second-order valence-corrected chi connectivity index (χ2v) is 5.96. The first kappa shape index (κ1) is 11.8. The Kier molecular flexibility index (Phi) is 2.85. The summed E-state index contributed by atoms with van der Waals surface area (Å²) in [7, 11) is 0. The molecule has 5 heteroatoms. The van der Waals surface area contributed by atoms with Gasteiger partial charge in [-0.3, -0.25) is 5.10 Å². The minimum absolute atomic E-state index is 0.593. The second kappa shape index (κ2) is 4.83. The van der Waals surface area contributed by atoms with Crippen molar-refractivity contribution in [2.24, 2.45) is 0 Å². The van der Waals surface area contributed by atoms with E-state index in [1.807, 2.05) is 18.2 Å². The molecule has 0 atom stereocenters. The summed E-state index contributed by atoms with van der Waals surface area (Å²) in [6.07, 6.45) is 3.18. The van der Waals surface area contributed by atoms with Crippen molar-refractivity contribution in [2.75, 3.05) is 0 Å². The van der Waals surface area contributed by atoms with Gasteiger partial charge in [-0.25, -0.2) is 9.97 Å². The summed E-state index contributed by atoms with van der Waals surface area (Å²) < 4.78 is 0. The van der Waals surface area contributed by atoms with Crippen LogP contribution >= 0.6 is 11.3 Å². The van der Waals surface area contributed by atoms with Gasteiger partial charge >= 0.3 is 0 Å². The minimum atomic E-state index is 0.593. The fourth-order valence-corrected chi connectivity index (χ4v) is 3.01. The maximum absolute atomic E-state index is 4.68. The van der Waals surface area contributed by atoms with Crippen molar-refractivity contribution >= 4 is 11.3 Å². The van der Waals surface area contributed by atoms with E-state index in [0.29, 0.717) is 5.92 Å². The topological polar surface area (TPSA) is 54.5 Å². The molecule has 1 aliphatic rings. The Morgan fingerprint density at radius 3 is 2.80 bits per heavy atom. The quantitative estimate of drug-likeness (QED) is 0.798. The molecule has 100 valence electrons. The fourth-order valence-electron chi connectivity index (χ4n) is 2.19. The summed E-state index contributed by atoms with van der Waals surface area (Å²) in [5, 5.41) is 10.5. The lowest BCUT2D eigenvalue weighted by molar-refractivity contribution is 0.931. The van der Waals surface area contributed by atoms with Gasteiger partial charge in [0, 0.05) is 16.9 Å². The number of nitrogens with one attached hydrogen (secondary N) is 1. The third-order valence-electron chi connectivity index (χ3n) is 3.41. The Morgan fingerprint density at radius 1 is 1.15 bits per heavy atom. The lowest BCUT2D eigenvalue weighted by atomic mass is 10.2. The predicted octanol–water partition coefficient (Wildman–Crippen LogP) is 3.40. The van der Waals surface area contributed by atoms with Gasteiger partial charge in [0.25, 0.3) is 0 Å². The van der Waals surface area contributed by atoms with Crippen LogP contribution in [0.25, 0.3) is 10.6 Å². The number of thiazole rings is 1. The zero-order valence-corrected chi connectivity index (χ0v) is 11.7. The van der Waals surface area contributed by atoms with Crippen molar-refractivity contribution in [3.63, 3.8) is 0 Å². The molecule has 4 nitrogen and oxygen atoms in total. The molecule has 1 saturated carbocycles. The molecule has 0 saturated heterocycles. The van der Waals surface area contributed by atoms with Gasteiger partial charge in [-0.2, -0.15) is 5.10 Å². The molecule has 0 bridgehead atoms. The van der Waals surface area contributed by atoms with Gasteiger partial charge in [0.1, 0.15) is 10.8 Å². The third-order valence-corrected chi connectivity index (χ3v) is 4.35. The Labute approximate surface area is 120 Å². The molecule has 4 rings (SSSR count). The van der Waals surface area contributed by atoms with Gasteiger partial charge in [0.15, 0.2) is 5.82 Å². The molecule has 0 unspecified atom stereocenters. The highest BCUT2D eigenvalue weighted by atomic mass is 32.1. The SMILES string of the molecule is c1ccc(-c2nc(Cc3nc(C4CC4)n[nH]3)cs2)cc1. The second-order valence-electron chi connectivity index (χ2n) is 5.10. The number of rotatable bonds is 4. The number of benzene rings is 1. The van der Waals surface area contributed by atoms with Crippen molar-refractivity contribution in [3.8, 4) is 10.6 Å². The van der Waals surface area contributed by atoms with Gasteiger partial charge in [-0.05, 0) is 12.8 Å². The molecule has 3 aromatic rings. The molecule has 1 aliphatic carbocycles. The number of hydrogen-bond donors (Lipinski definition) is 1. The van der Waals surface area contributed by atoms with E-state index >= 15 is 0 Å². The summed E-state index contributed by atoms with van der Waals surface area (Å²) in [5.41, 5.74) is 2.22. The lowest BCUT2D eigenvalue weighted by Gasteiger charge is -1.94. The Balaban J connectivity index is 1.52. The van der Waals surface area contributed by atoms with Crippen molar-refractivity contribution < 1.29 is 0 Å². The molecular weight excluding hydrogens is 268 g/mol. The van der Waals surface area contributed by atoms with E-state index in [1.165, 1.54) is 18.4 Å².